The van der Waals surface area contributed by atoms with Crippen molar-refractivity contribution in [1.82, 2.24) is 4.31 Å². The molecule has 2 aromatic carbocycles. The Kier molecular flexibility index (Phi) is 8.06. The van der Waals surface area contributed by atoms with E-state index in [-0.39, 0.29) is 27.9 Å². The number of hydrogen-bond acceptors (Lipinski definition) is 5. The summed E-state index contributed by atoms with van der Waals surface area (Å²) in [6.07, 6.45) is 3.26. The number of aliphatic hydroxyl groups excluding tert-OH is 1. The minimum atomic E-state index is -3.67. The van der Waals surface area contributed by atoms with Crippen LogP contribution in [0, 0.1) is 6.92 Å². The lowest BCUT2D eigenvalue weighted by atomic mass is 10.1. The molecule has 0 unspecified atom stereocenters. The first kappa shape index (κ1) is 25.8. The van der Waals surface area contributed by atoms with E-state index in [1.807, 2.05) is 0 Å². The zero-order valence-electron chi connectivity index (χ0n) is 18.8. The number of anilines is 1. The summed E-state index contributed by atoms with van der Waals surface area (Å²) in [7, 11) is -0.760. The molecule has 10 heteroatoms. The quantitative estimate of drug-likeness (QED) is 0.216. The summed E-state index contributed by atoms with van der Waals surface area (Å²) in [5, 5.41) is 26.6. The smallest absolute Gasteiger partial charge is 0.242 e. The normalized spacial score (nSPS) is 12.4. The van der Waals surface area contributed by atoms with Crippen LogP contribution in [-0.2, 0) is 16.6 Å². The molecule has 0 amide bonds. The molecule has 7 nitrogen and oxygen atoms in total. The number of pyridine rings is 1. The first-order valence-corrected chi connectivity index (χ1v) is 12.4. The Labute approximate surface area is 209 Å². The summed E-state index contributed by atoms with van der Waals surface area (Å²) in [5.74, 6) is -0.371. The van der Waals surface area contributed by atoms with Crippen LogP contribution < -0.4 is 15.0 Å². The van der Waals surface area contributed by atoms with Crippen LogP contribution in [-0.4, -0.2) is 36.9 Å². The van der Waals surface area contributed by atoms with Gasteiger partial charge in [0, 0.05) is 36.4 Å². The highest BCUT2D eigenvalue weighted by Crippen LogP contribution is 2.24. The van der Waals surface area contributed by atoms with Gasteiger partial charge < -0.3 is 15.5 Å². The highest BCUT2D eigenvalue weighted by molar-refractivity contribution is 7.89. The van der Waals surface area contributed by atoms with Gasteiger partial charge in [0.15, 0.2) is 17.4 Å². The Hall–Kier alpha value is -2.82. The molecule has 0 spiro atoms. The van der Waals surface area contributed by atoms with E-state index in [9.17, 15) is 18.6 Å². The number of hydrogen-bond donors (Lipinski definition) is 2. The van der Waals surface area contributed by atoms with Crippen molar-refractivity contribution in [3.05, 3.63) is 88.7 Å². The molecule has 0 aliphatic rings. The van der Waals surface area contributed by atoms with Crippen LogP contribution in [0.3, 0.4) is 0 Å². The average Bonchev–Trinajstić information content (AvgIpc) is 2.81. The van der Waals surface area contributed by atoms with Crippen molar-refractivity contribution in [2.45, 2.75) is 18.4 Å². The van der Waals surface area contributed by atoms with Crippen LogP contribution in [0.15, 0.2) is 71.9 Å². The fourth-order valence-corrected chi connectivity index (χ4v) is 4.48. The second kappa shape index (κ2) is 10.6. The maximum absolute atomic E-state index is 13.5. The van der Waals surface area contributed by atoms with Gasteiger partial charge >= 0.3 is 0 Å². The van der Waals surface area contributed by atoms with Crippen molar-refractivity contribution < 1.29 is 23.2 Å². The Morgan fingerprint density at radius 1 is 1.18 bits per heavy atom. The molecule has 3 aromatic rings. The number of aryl methyl sites for hydroxylation is 1. The first-order chi connectivity index (χ1) is 16.0. The predicted molar refractivity (Wildman–Crippen MR) is 135 cm³/mol. The van der Waals surface area contributed by atoms with Crippen LogP contribution in [0.25, 0.3) is 11.5 Å². The van der Waals surface area contributed by atoms with E-state index in [4.69, 9.17) is 23.8 Å². The average molecular weight is 518 g/mol. The lowest BCUT2D eigenvalue weighted by Gasteiger charge is -2.19. The first-order valence-electron chi connectivity index (χ1n) is 10.2. The van der Waals surface area contributed by atoms with Crippen molar-refractivity contribution in [3.63, 3.8) is 0 Å². The van der Waals surface area contributed by atoms with Gasteiger partial charge in [0.2, 0.25) is 15.7 Å². The number of halogens is 1. The number of aliphatic hydroxyl groups is 1. The summed E-state index contributed by atoms with van der Waals surface area (Å²) < 4.78 is 27.8. The van der Waals surface area contributed by atoms with Gasteiger partial charge in [-0.3, -0.25) is 0 Å². The minimum Gasteiger partial charge on any atom is -0.867 e. The Morgan fingerprint density at radius 2 is 1.85 bits per heavy atom. The van der Waals surface area contributed by atoms with E-state index in [0.717, 1.165) is 9.87 Å². The fourth-order valence-electron chi connectivity index (χ4n) is 3.12. The molecule has 34 heavy (non-hydrogen) atoms. The van der Waals surface area contributed by atoms with Crippen LogP contribution in [0.4, 0.5) is 5.69 Å². The molecule has 0 atom stereocenters. The zero-order valence-corrected chi connectivity index (χ0v) is 21.2. The van der Waals surface area contributed by atoms with Crippen LogP contribution in [0.5, 0.6) is 0 Å². The molecule has 0 saturated heterocycles. The van der Waals surface area contributed by atoms with Gasteiger partial charge in [-0.2, -0.15) is 4.57 Å². The topological polar surface area (TPSA) is 96.6 Å². The number of benzene rings is 2. The highest BCUT2D eigenvalue weighted by Gasteiger charge is 2.22. The van der Waals surface area contributed by atoms with E-state index >= 15 is 0 Å². The number of rotatable bonds is 7. The maximum Gasteiger partial charge on any atom is 0.242 e. The predicted octanol–water partition coefficient (Wildman–Crippen LogP) is 2.80. The van der Waals surface area contributed by atoms with Gasteiger partial charge in [0.1, 0.15) is 0 Å². The SMILES string of the molecule is Cc1ccc(S(=O)(=O)N(C)C)cc1NC(=S)/C(=C(\[O-])c1ccc(Cl)cc1)[n+]1cccc(CO)c1. The minimum absolute atomic E-state index is 0.0857. The molecule has 3 rings (SSSR count). The van der Waals surface area contributed by atoms with Crippen LogP contribution in [0.1, 0.15) is 16.7 Å². The van der Waals surface area contributed by atoms with Crippen LogP contribution in [0.2, 0.25) is 5.02 Å². The maximum atomic E-state index is 13.5. The molecule has 0 bridgehead atoms. The van der Waals surface area contributed by atoms with Gasteiger partial charge in [0.05, 0.1) is 11.5 Å². The van der Waals surface area contributed by atoms with Gasteiger partial charge in [0.25, 0.3) is 0 Å². The Bertz CT molecular complexity index is 1350. The molecule has 1 heterocycles. The monoisotopic (exact) mass is 517 g/mol. The lowest BCUT2D eigenvalue weighted by Crippen LogP contribution is -2.40. The largest absolute Gasteiger partial charge is 0.867 e. The second-order valence-electron chi connectivity index (χ2n) is 7.68. The number of sulfonamides is 1. The second-order valence-corrected chi connectivity index (χ2v) is 10.7. The van der Waals surface area contributed by atoms with Crippen molar-refractivity contribution in [2.75, 3.05) is 19.4 Å². The molecule has 2 N–H and O–H groups in total. The van der Waals surface area contributed by atoms with Crippen molar-refractivity contribution in [2.24, 2.45) is 0 Å². The van der Waals surface area contributed by atoms with E-state index in [1.54, 1.807) is 61.8 Å². The third-order valence-electron chi connectivity index (χ3n) is 5.08. The van der Waals surface area contributed by atoms with Crippen LogP contribution >= 0.6 is 23.8 Å². The summed E-state index contributed by atoms with van der Waals surface area (Å²) in [5.41, 5.74) is 2.28. The molecule has 0 aliphatic carbocycles. The lowest BCUT2D eigenvalue weighted by molar-refractivity contribution is -0.578. The van der Waals surface area contributed by atoms with Gasteiger partial charge in [-0.15, -0.1) is 0 Å². The Balaban J connectivity index is 2.12. The summed E-state index contributed by atoms with van der Waals surface area (Å²) >= 11 is 11.6. The molecule has 1 aromatic heterocycles. The van der Waals surface area contributed by atoms with Crippen molar-refractivity contribution in [1.29, 1.82) is 0 Å². The third kappa shape index (κ3) is 5.63. The summed E-state index contributed by atoms with van der Waals surface area (Å²) in [6.45, 7) is 1.59. The summed E-state index contributed by atoms with van der Waals surface area (Å²) in [6, 6.07) is 14.5. The molecular weight excluding hydrogens is 494 g/mol. The standard InChI is InChI=1S/C24H24ClN3O4S2/c1-16-6-11-20(34(31,32)27(2)3)13-21(16)26-24(33)22(28-12-4-5-17(14-28)15-29)23(30)18-7-9-19(25)10-8-18/h4-14,29H,15H2,1-3H3,(H-,26,30,33). The number of nitrogens with one attached hydrogen (secondary N) is 1. The molecule has 178 valence electrons. The number of nitrogens with zero attached hydrogens (tertiary/aromatic N) is 2. The molecule has 0 saturated carbocycles. The number of aromatic nitrogens is 1. The molecule has 0 aliphatic heterocycles. The van der Waals surface area contributed by atoms with E-state index < -0.39 is 10.0 Å². The molecule has 0 fully saturated rings. The third-order valence-corrected chi connectivity index (χ3v) is 7.43. The fraction of sp³-hybridized carbons (Fsp3) is 0.167. The highest BCUT2D eigenvalue weighted by atomic mass is 35.5. The van der Waals surface area contributed by atoms with Crippen molar-refractivity contribution >= 4 is 56.0 Å². The zero-order chi connectivity index (χ0) is 25.0. The summed E-state index contributed by atoms with van der Waals surface area (Å²) in [4.78, 5) is 0.177. The molecular formula is C24H24ClN3O4S2. The Morgan fingerprint density at radius 3 is 2.47 bits per heavy atom. The van der Waals surface area contributed by atoms with E-state index in [1.165, 1.54) is 30.8 Å². The van der Waals surface area contributed by atoms with E-state index in [2.05, 4.69) is 5.32 Å². The van der Waals surface area contributed by atoms with Gasteiger partial charge in [-0.05, 0) is 54.1 Å². The van der Waals surface area contributed by atoms with Crippen molar-refractivity contribution in [3.8, 4) is 0 Å². The molecule has 0 radical (unpaired) electrons. The van der Waals surface area contributed by atoms with E-state index in [0.29, 0.717) is 21.8 Å². The van der Waals surface area contributed by atoms with Gasteiger partial charge in [-0.25, -0.2) is 12.7 Å². The van der Waals surface area contributed by atoms with Gasteiger partial charge in [-0.1, -0.05) is 42.0 Å². The number of thiocarbonyl (C=S) groups is 1.